The third-order valence-electron chi connectivity index (χ3n) is 10.5. The fraction of sp³-hybridized carbons (Fsp3) is 0.567. The molecule has 172 valence electrons. The predicted molar refractivity (Wildman–Crippen MR) is 133 cm³/mol. The Kier molecular flexibility index (Phi) is 4.20. The van der Waals surface area contributed by atoms with E-state index >= 15 is 0 Å². The lowest BCUT2D eigenvalue weighted by Gasteiger charge is -2.54. The van der Waals surface area contributed by atoms with Crippen LogP contribution in [0.3, 0.4) is 0 Å². The second-order valence-electron chi connectivity index (χ2n) is 12.0. The molecule has 3 heteroatoms. The molecular formula is C30H36N2O. The Balaban J connectivity index is 1.28. The fourth-order valence-corrected chi connectivity index (χ4v) is 8.69. The SMILES string of the molecule is CN(C)[C@H]1CCC2=CC3=CC[C@]4(C)C(c5ccc6ccncc6c5)CC[C@H]4[C@@]34CC[C@]2(C1)O4. The molecule has 1 saturated heterocycles. The zero-order chi connectivity index (χ0) is 22.4. The van der Waals surface area contributed by atoms with Crippen molar-refractivity contribution in [2.45, 2.75) is 81.5 Å². The van der Waals surface area contributed by atoms with E-state index in [-0.39, 0.29) is 16.6 Å². The Morgan fingerprint density at radius 1 is 1.06 bits per heavy atom. The van der Waals surface area contributed by atoms with Gasteiger partial charge in [0.05, 0.1) is 11.2 Å². The van der Waals surface area contributed by atoms with Crippen LogP contribution < -0.4 is 0 Å². The number of benzene rings is 1. The van der Waals surface area contributed by atoms with E-state index < -0.39 is 0 Å². The number of allylic oxidation sites excluding steroid dienone is 1. The molecule has 2 aromatic rings. The van der Waals surface area contributed by atoms with Gasteiger partial charge in [-0.05, 0) is 117 Å². The van der Waals surface area contributed by atoms with Gasteiger partial charge in [0.15, 0.2) is 0 Å². The normalized spacial score (nSPS) is 41.4. The highest BCUT2D eigenvalue weighted by Crippen LogP contribution is 2.69. The summed E-state index contributed by atoms with van der Waals surface area (Å²) in [6.07, 6.45) is 18.9. The Labute approximate surface area is 197 Å². The van der Waals surface area contributed by atoms with Crippen molar-refractivity contribution in [3.63, 3.8) is 0 Å². The van der Waals surface area contributed by atoms with E-state index in [4.69, 9.17) is 4.74 Å². The Hall–Kier alpha value is -1.97. The quantitative estimate of drug-likeness (QED) is 0.540. The standard InChI is InChI=1S/C30H36N2O/c1-28-12-10-24-17-23-6-7-25(32(2)3)18-29(23)13-14-30(24,33-29)27(28)9-8-26(28)21-5-4-20-11-15-31-19-22(20)16-21/h4-5,10-11,15-17,19,25-27H,6-9,12-14,18H2,1-3H3/t25-,26?,27+,28+,29+,30+/m0/s1. The summed E-state index contributed by atoms with van der Waals surface area (Å²) < 4.78 is 7.42. The molecule has 3 fully saturated rings. The molecule has 6 atom stereocenters. The number of hydrogen-bond acceptors (Lipinski definition) is 3. The third kappa shape index (κ3) is 2.67. The molecule has 5 aliphatic rings. The van der Waals surface area contributed by atoms with Crippen LogP contribution in [-0.2, 0) is 4.74 Å². The summed E-state index contributed by atoms with van der Waals surface area (Å²) >= 11 is 0. The van der Waals surface area contributed by atoms with Gasteiger partial charge in [-0.25, -0.2) is 0 Å². The first-order chi connectivity index (χ1) is 15.9. The van der Waals surface area contributed by atoms with Crippen molar-refractivity contribution in [2.75, 3.05) is 14.1 Å². The second kappa shape index (κ2) is 6.79. The van der Waals surface area contributed by atoms with Crippen molar-refractivity contribution in [3.05, 3.63) is 65.5 Å². The number of fused-ring (bicyclic) bond motifs is 2. The molecule has 1 aromatic carbocycles. The lowest BCUT2D eigenvalue weighted by Crippen LogP contribution is -2.55. The first-order valence-corrected chi connectivity index (χ1v) is 13.1. The van der Waals surface area contributed by atoms with Gasteiger partial charge in [-0.15, -0.1) is 0 Å². The average Bonchev–Trinajstić information content (AvgIpc) is 3.33. The Morgan fingerprint density at radius 2 is 1.97 bits per heavy atom. The highest BCUT2D eigenvalue weighted by molar-refractivity contribution is 5.82. The van der Waals surface area contributed by atoms with Crippen LogP contribution in [0.25, 0.3) is 10.8 Å². The zero-order valence-corrected chi connectivity index (χ0v) is 20.3. The molecule has 3 aliphatic carbocycles. The van der Waals surface area contributed by atoms with Crippen LogP contribution in [0.5, 0.6) is 0 Å². The molecule has 2 spiro atoms. The molecule has 0 amide bonds. The molecule has 1 unspecified atom stereocenters. The van der Waals surface area contributed by atoms with Gasteiger partial charge in [-0.3, -0.25) is 4.98 Å². The number of hydrogen-bond donors (Lipinski definition) is 0. The Bertz CT molecular complexity index is 1200. The van der Waals surface area contributed by atoms with Gasteiger partial charge in [-0.1, -0.05) is 31.2 Å². The molecular weight excluding hydrogens is 404 g/mol. The summed E-state index contributed by atoms with van der Waals surface area (Å²) in [6.45, 7) is 2.57. The van der Waals surface area contributed by atoms with Crippen LogP contribution in [0.15, 0.2) is 60.0 Å². The summed E-state index contributed by atoms with van der Waals surface area (Å²) in [5, 5.41) is 2.56. The van der Waals surface area contributed by atoms with E-state index in [1.54, 1.807) is 5.57 Å². The molecule has 3 nitrogen and oxygen atoms in total. The summed E-state index contributed by atoms with van der Waals surface area (Å²) in [7, 11) is 4.49. The van der Waals surface area contributed by atoms with Crippen LogP contribution >= 0.6 is 0 Å². The number of pyridine rings is 1. The van der Waals surface area contributed by atoms with Crippen LogP contribution in [0.1, 0.15) is 69.8 Å². The Morgan fingerprint density at radius 3 is 2.85 bits per heavy atom. The van der Waals surface area contributed by atoms with E-state index in [0.29, 0.717) is 17.9 Å². The smallest absolute Gasteiger partial charge is 0.0974 e. The monoisotopic (exact) mass is 440 g/mol. The van der Waals surface area contributed by atoms with E-state index in [1.165, 1.54) is 73.3 Å². The number of aromatic nitrogens is 1. The van der Waals surface area contributed by atoms with E-state index in [9.17, 15) is 0 Å². The van der Waals surface area contributed by atoms with Crippen molar-refractivity contribution < 1.29 is 4.74 Å². The molecule has 0 N–H and O–H groups in total. The molecule has 0 radical (unpaired) electrons. The van der Waals surface area contributed by atoms with E-state index in [0.717, 1.165) is 0 Å². The summed E-state index contributed by atoms with van der Waals surface area (Å²) in [4.78, 5) is 6.81. The van der Waals surface area contributed by atoms with E-state index in [1.807, 2.05) is 12.4 Å². The van der Waals surface area contributed by atoms with Gasteiger partial charge in [0.25, 0.3) is 0 Å². The first-order valence-electron chi connectivity index (χ1n) is 13.1. The molecule has 2 bridgehead atoms. The van der Waals surface area contributed by atoms with Gasteiger partial charge >= 0.3 is 0 Å². The van der Waals surface area contributed by atoms with Crippen LogP contribution in [0.4, 0.5) is 0 Å². The average molecular weight is 441 g/mol. The minimum atomic E-state index is -0.0577. The molecule has 33 heavy (non-hydrogen) atoms. The summed E-state index contributed by atoms with van der Waals surface area (Å²) in [6, 6.07) is 9.86. The van der Waals surface area contributed by atoms with Crippen molar-refractivity contribution in [1.29, 1.82) is 0 Å². The highest BCUT2D eigenvalue weighted by Gasteiger charge is 2.66. The van der Waals surface area contributed by atoms with Crippen LogP contribution in [0, 0.1) is 11.3 Å². The van der Waals surface area contributed by atoms with E-state index in [2.05, 4.69) is 67.3 Å². The lowest BCUT2D eigenvalue weighted by atomic mass is 9.58. The molecule has 1 aromatic heterocycles. The molecule has 3 heterocycles. The van der Waals surface area contributed by atoms with Gasteiger partial charge in [0, 0.05) is 23.8 Å². The fourth-order valence-electron chi connectivity index (χ4n) is 8.69. The van der Waals surface area contributed by atoms with Gasteiger partial charge in [0.1, 0.15) is 0 Å². The maximum atomic E-state index is 7.42. The molecule has 2 aliphatic heterocycles. The van der Waals surface area contributed by atoms with Crippen molar-refractivity contribution in [2.24, 2.45) is 11.3 Å². The third-order valence-corrected chi connectivity index (χ3v) is 10.5. The van der Waals surface area contributed by atoms with Crippen molar-refractivity contribution >= 4 is 10.8 Å². The topological polar surface area (TPSA) is 25.4 Å². The molecule has 2 saturated carbocycles. The van der Waals surface area contributed by atoms with Gasteiger partial charge < -0.3 is 9.64 Å². The second-order valence-corrected chi connectivity index (χ2v) is 12.0. The minimum Gasteiger partial charge on any atom is -0.359 e. The van der Waals surface area contributed by atoms with Crippen LogP contribution in [-0.4, -0.2) is 41.2 Å². The van der Waals surface area contributed by atoms with Gasteiger partial charge in [0.2, 0.25) is 0 Å². The maximum Gasteiger partial charge on any atom is 0.0974 e. The zero-order valence-electron chi connectivity index (χ0n) is 20.3. The summed E-state index contributed by atoms with van der Waals surface area (Å²) in [5.41, 5.74) is 4.82. The first kappa shape index (κ1) is 20.4. The van der Waals surface area contributed by atoms with Gasteiger partial charge in [-0.2, -0.15) is 0 Å². The van der Waals surface area contributed by atoms with Crippen molar-refractivity contribution in [1.82, 2.24) is 9.88 Å². The maximum absolute atomic E-state index is 7.42. The highest BCUT2D eigenvalue weighted by atomic mass is 16.5. The number of nitrogens with zero attached hydrogens (tertiary/aromatic N) is 2. The minimum absolute atomic E-state index is 0.00448. The largest absolute Gasteiger partial charge is 0.359 e. The summed E-state index contributed by atoms with van der Waals surface area (Å²) in [5.74, 6) is 1.20. The predicted octanol–water partition coefficient (Wildman–Crippen LogP) is 6.41. The van der Waals surface area contributed by atoms with Crippen molar-refractivity contribution in [3.8, 4) is 0 Å². The molecule has 7 rings (SSSR count). The lowest BCUT2D eigenvalue weighted by molar-refractivity contribution is -0.139. The number of rotatable bonds is 2. The van der Waals surface area contributed by atoms with Crippen LogP contribution in [0.2, 0.25) is 0 Å². The number of ether oxygens (including phenoxy) is 1.